The first-order valence-corrected chi connectivity index (χ1v) is 6.68. The molecular formula is C13H18ClN3O. The van der Waals surface area contributed by atoms with Gasteiger partial charge in [-0.15, -0.1) is 0 Å². The molecule has 4 nitrogen and oxygen atoms in total. The fourth-order valence-corrected chi connectivity index (χ4v) is 2.37. The molecule has 0 aliphatic carbocycles. The summed E-state index contributed by atoms with van der Waals surface area (Å²) in [5.41, 5.74) is 0.559. The Kier molecular flexibility index (Phi) is 4.55. The van der Waals surface area contributed by atoms with Crippen molar-refractivity contribution in [3.8, 4) is 0 Å². The predicted molar refractivity (Wildman–Crippen MR) is 71.8 cm³/mol. The number of pyridine rings is 1. The Morgan fingerprint density at radius 1 is 1.56 bits per heavy atom. The molecule has 98 valence electrons. The van der Waals surface area contributed by atoms with E-state index in [-0.39, 0.29) is 5.91 Å². The minimum absolute atomic E-state index is 0.0923. The summed E-state index contributed by atoms with van der Waals surface area (Å²) in [5.74, 6) is -0.0923. The highest BCUT2D eigenvalue weighted by Gasteiger charge is 2.18. The third-order valence-electron chi connectivity index (χ3n) is 3.31. The third-order valence-corrected chi connectivity index (χ3v) is 3.52. The maximum Gasteiger partial charge on any atom is 0.251 e. The molecule has 0 aromatic carbocycles. The summed E-state index contributed by atoms with van der Waals surface area (Å²) >= 11 is 5.76. The van der Waals surface area contributed by atoms with Gasteiger partial charge in [-0.05, 0) is 45.0 Å². The highest BCUT2D eigenvalue weighted by molar-refractivity contribution is 6.29. The van der Waals surface area contributed by atoms with Crippen molar-refractivity contribution in [2.45, 2.75) is 25.8 Å². The Balaban J connectivity index is 1.84. The van der Waals surface area contributed by atoms with Gasteiger partial charge in [-0.25, -0.2) is 4.98 Å². The number of amides is 1. The van der Waals surface area contributed by atoms with Crippen LogP contribution in [0.1, 0.15) is 30.1 Å². The standard InChI is InChI=1S/C13H18ClN3O/c1-10(17-6-2-3-7-17)9-16-13(18)11-4-5-15-12(14)8-11/h4-5,8,10H,2-3,6-7,9H2,1H3,(H,16,18). The number of aromatic nitrogens is 1. The highest BCUT2D eigenvalue weighted by Crippen LogP contribution is 2.11. The normalized spacial score (nSPS) is 17.7. The van der Waals surface area contributed by atoms with Gasteiger partial charge >= 0.3 is 0 Å². The van der Waals surface area contributed by atoms with Crippen LogP contribution in [0.25, 0.3) is 0 Å². The minimum atomic E-state index is -0.0923. The van der Waals surface area contributed by atoms with Crippen molar-refractivity contribution in [2.24, 2.45) is 0 Å². The number of hydrogen-bond donors (Lipinski definition) is 1. The molecule has 1 aromatic rings. The number of nitrogens with zero attached hydrogens (tertiary/aromatic N) is 2. The molecule has 1 unspecified atom stereocenters. The summed E-state index contributed by atoms with van der Waals surface area (Å²) in [6.07, 6.45) is 4.07. The maximum absolute atomic E-state index is 11.9. The number of rotatable bonds is 4. The first-order chi connectivity index (χ1) is 8.66. The smallest absolute Gasteiger partial charge is 0.251 e. The molecule has 1 aliphatic rings. The first kappa shape index (κ1) is 13.3. The van der Waals surface area contributed by atoms with Crippen LogP contribution in [-0.4, -0.2) is 41.5 Å². The summed E-state index contributed by atoms with van der Waals surface area (Å²) in [6, 6.07) is 3.63. The lowest BCUT2D eigenvalue weighted by Crippen LogP contribution is -2.40. The lowest BCUT2D eigenvalue weighted by molar-refractivity contribution is 0.0940. The molecule has 1 amide bonds. The lowest BCUT2D eigenvalue weighted by atomic mass is 10.2. The number of nitrogens with one attached hydrogen (secondary N) is 1. The van der Waals surface area contributed by atoms with Crippen molar-refractivity contribution in [2.75, 3.05) is 19.6 Å². The average molecular weight is 268 g/mol. The molecule has 1 fully saturated rings. The second-order valence-electron chi connectivity index (χ2n) is 4.67. The van der Waals surface area contributed by atoms with Gasteiger partial charge in [0.25, 0.3) is 5.91 Å². The van der Waals surface area contributed by atoms with Crippen molar-refractivity contribution >= 4 is 17.5 Å². The van der Waals surface area contributed by atoms with E-state index in [1.54, 1.807) is 18.3 Å². The van der Waals surface area contributed by atoms with E-state index >= 15 is 0 Å². The van der Waals surface area contributed by atoms with Gasteiger partial charge in [-0.2, -0.15) is 0 Å². The average Bonchev–Trinajstić information content (AvgIpc) is 2.89. The largest absolute Gasteiger partial charge is 0.350 e. The van der Waals surface area contributed by atoms with Crippen molar-refractivity contribution < 1.29 is 4.79 Å². The van der Waals surface area contributed by atoms with Crippen molar-refractivity contribution in [1.29, 1.82) is 0 Å². The number of carbonyl (C=O) groups is 1. The molecule has 2 rings (SSSR count). The molecule has 1 aliphatic heterocycles. The maximum atomic E-state index is 11.9. The summed E-state index contributed by atoms with van der Waals surface area (Å²) in [6.45, 7) is 5.08. The number of halogens is 1. The summed E-state index contributed by atoms with van der Waals surface area (Å²) in [7, 11) is 0. The Morgan fingerprint density at radius 3 is 2.94 bits per heavy atom. The molecular weight excluding hydrogens is 250 g/mol. The summed E-state index contributed by atoms with van der Waals surface area (Å²) in [4.78, 5) is 18.2. The minimum Gasteiger partial charge on any atom is -0.350 e. The Bertz CT molecular complexity index is 418. The van der Waals surface area contributed by atoms with E-state index in [0.717, 1.165) is 13.1 Å². The first-order valence-electron chi connectivity index (χ1n) is 6.30. The summed E-state index contributed by atoms with van der Waals surface area (Å²) < 4.78 is 0. The van der Waals surface area contributed by atoms with Gasteiger partial charge in [0.1, 0.15) is 5.15 Å². The van der Waals surface area contributed by atoms with Crippen LogP contribution in [-0.2, 0) is 0 Å². The second-order valence-corrected chi connectivity index (χ2v) is 5.06. The summed E-state index contributed by atoms with van der Waals surface area (Å²) in [5, 5.41) is 3.28. The molecule has 2 heterocycles. The van der Waals surface area contributed by atoms with Gasteiger partial charge in [0, 0.05) is 24.3 Å². The van der Waals surface area contributed by atoms with E-state index < -0.39 is 0 Å². The number of carbonyl (C=O) groups excluding carboxylic acids is 1. The Morgan fingerprint density at radius 2 is 2.28 bits per heavy atom. The van der Waals surface area contributed by atoms with Crippen LogP contribution in [0.15, 0.2) is 18.3 Å². The molecule has 5 heteroatoms. The molecule has 1 atom stereocenters. The van der Waals surface area contributed by atoms with Crippen molar-refractivity contribution in [3.63, 3.8) is 0 Å². The fourth-order valence-electron chi connectivity index (χ4n) is 2.20. The lowest BCUT2D eigenvalue weighted by Gasteiger charge is -2.23. The highest BCUT2D eigenvalue weighted by atomic mass is 35.5. The van der Waals surface area contributed by atoms with E-state index in [1.165, 1.54) is 12.8 Å². The monoisotopic (exact) mass is 267 g/mol. The van der Waals surface area contributed by atoms with Crippen LogP contribution >= 0.6 is 11.6 Å². The predicted octanol–water partition coefficient (Wildman–Crippen LogP) is 1.95. The van der Waals surface area contributed by atoms with Gasteiger partial charge in [0.05, 0.1) is 0 Å². The molecule has 0 radical (unpaired) electrons. The van der Waals surface area contributed by atoms with Gasteiger partial charge in [-0.3, -0.25) is 9.69 Å². The zero-order valence-electron chi connectivity index (χ0n) is 10.5. The van der Waals surface area contributed by atoms with E-state index in [9.17, 15) is 4.79 Å². The number of likely N-dealkylation sites (tertiary alicyclic amines) is 1. The third kappa shape index (κ3) is 3.43. The van der Waals surface area contributed by atoms with E-state index in [4.69, 9.17) is 11.6 Å². The quantitative estimate of drug-likeness (QED) is 0.848. The van der Waals surface area contributed by atoms with E-state index in [0.29, 0.717) is 23.3 Å². The molecule has 0 saturated carbocycles. The molecule has 18 heavy (non-hydrogen) atoms. The SMILES string of the molecule is CC(CNC(=O)c1ccnc(Cl)c1)N1CCCC1. The molecule has 1 saturated heterocycles. The van der Waals surface area contributed by atoms with Crippen molar-refractivity contribution in [1.82, 2.24) is 15.2 Å². The van der Waals surface area contributed by atoms with Crippen LogP contribution in [0.3, 0.4) is 0 Å². The van der Waals surface area contributed by atoms with Crippen LogP contribution in [0.4, 0.5) is 0 Å². The van der Waals surface area contributed by atoms with Crippen molar-refractivity contribution in [3.05, 3.63) is 29.0 Å². The molecule has 0 bridgehead atoms. The Hall–Kier alpha value is -1.13. The zero-order chi connectivity index (χ0) is 13.0. The van der Waals surface area contributed by atoms with E-state index in [1.807, 2.05) is 0 Å². The Labute approximate surface area is 112 Å². The van der Waals surface area contributed by atoms with E-state index in [2.05, 4.69) is 22.1 Å². The zero-order valence-corrected chi connectivity index (χ0v) is 11.3. The van der Waals surface area contributed by atoms with Gasteiger partial charge in [-0.1, -0.05) is 11.6 Å². The van der Waals surface area contributed by atoms with Crippen LogP contribution in [0, 0.1) is 0 Å². The molecule has 0 spiro atoms. The topological polar surface area (TPSA) is 45.2 Å². The van der Waals surface area contributed by atoms with Crippen LogP contribution in [0.2, 0.25) is 5.15 Å². The van der Waals surface area contributed by atoms with Crippen LogP contribution < -0.4 is 5.32 Å². The molecule has 1 N–H and O–H groups in total. The fraction of sp³-hybridized carbons (Fsp3) is 0.538. The van der Waals surface area contributed by atoms with Gasteiger partial charge in [0.15, 0.2) is 0 Å². The number of hydrogen-bond acceptors (Lipinski definition) is 3. The molecule has 1 aromatic heterocycles. The van der Waals surface area contributed by atoms with Gasteiger partial charge < -0.3 is 5.32 Å². The second kappa shape index (κ2) is 6.16. The van der Waals surface area contributed by atoms with Crippen LogP contribution in [0.5, 0.6) is 0 Å². The van der Waals surface area contributed by atoms with Gasteiger partial charge in [0.2, 0.25) is 0 Å².